The Morgan fingerprint density at radius 1 is 0.960 bits per heavy atom. The molecule has 3 N–H and O–H groups in total. The Morgan fingerprint density at radius 3 is 1.64 bits per heavy atom. The van der Waals surface area contributed by atoms with Gasteiger partial charge in [0.1, 0.15) is 4.90 Å². The number of benzene rings is 1. The molecular formula is C16H23CsO7S. The van der Waals surface area contributed by atoms with Gasteiger partial charge in [0.2, 0.25) is 0 Å². The van der Waals surface area contributed by atoms with Crippen molar-refractivity contribution in [3.8, 4) is 0 Å². The summed E-state index contributed by atoms with van der Waals surface area (Å²) in [4.78, 5) is 22.6. The molecule has 0 aliphatic carbocycles. The fourth-order valence-electron chi connectivity index (χ4n) is 2.62. The molecule has 0 bridgehead atoms. The van der Waals surface area contributed by atoms with Crippen molar-refractivity contribution in [1.29, 1.82) is 0 Å². The van der Waals surface area contributed by atoms with Crippen LogP contribution in [0.3, 0.4) is 0 Å². The number of hydrogen-bond donors (Lipinski definition) is 3. The fourth-order valence-corrected chi connectivity index (χ4v) is 3.71. The zero-order chi connectivity index (χ0) is 19.2. The molecule has 0 unspecified atom stereocenters. The number of rotatable bonds is 3. The SMILES string of the molecule is CC(C)(C)c1cc(C(=O)O)c(S(=O)(=O)O)c(C(C)(C)C)c1C(=O)O.[Cs+].[H-]. The molecule has 136 valence electrons. The van der Waals surface area contributed by atoms with Gasteiger partial charge in [0.25, 0.3) is 10.1 Å². The second kappa shape index (κ2) is 8.01. The van der Waals surface area contributed by atoms with Crippen LogP contribution in [0, 0.1) is 0 Å². The first-order valence-electron chi connectivity index (χ1n) is 7.15. The van der Waals surface area contributed by atoms with Crippen molar-refractivity contribution in [2.45, 2.75) is 57.3 Å². The molecule has 0 atom stereocenters. The van der Waals surface area contributed by atoms with Gasteiger partial charge < -0.3 is 11.6 Å². The number of carboxylic acid groups (broad SMARTS) is 2. The Bertz CT molecular complexity index is 818. The molecule has 0 saturated carbocycles. The van der Waals surface area contributed by atoms with Crippen molar-refractivity contribution < 1.29 is 103 Å². The predicted octanol–water partition coefficient (Wildman–Crippen LogP) is 0.0412. The summed E-state index contributed by atoms with van der Waals surface area (Å²) in [5.41, 5.74) is -2.77. The van der Waals surface area contributed by atoms with E-state index >= 15 is 0 Å². The smallest absolute Gasteiger partial charge is 1.00 e. The van der Waals surface area contributed by atoms with Crippen LogP contribution in [-0.2, 0) is 20.9 Å². The summed E-state index contributed by atoms with van der Waals surface area (Å²) in [6, 6.07) is 1.02. The minimum Gasteiger partial charge on any atom is -1.00 e. The monoisotopic (exact) mass is 492 g/mol. The topological polar surface area (TPSA) is 129 Å². The maximum Gasteiger partial charge on any atom is 1.00 e. The van der Waals surface area contributed by atoms with E-state index < -0.39 is 43.3 Å². The van der Waals surface area contributed by atoms with Crippen molar-refractivity contribution >= 4 is 22.1 Å². The van der Waals surface area contributed by atoms with Gasteiger partial charge in [-0.1, -0.05) is 41.5 Å². The largest absolute Gasteiger partial charge is 1.00 e. The maximum atomic E-state index is 11.9. The van der Waals surface area contributed by atoms with Gasteiger partial charge in [-0.25, -0.2) is 9.59 Å². The number of aromatic carboxylic acids is 2. The summed E-state index contributed by atoms with van der Waals surface area (Å²) >= 11 is 0. The summed E-state index contributed by atoms with van der Waals surface area (Å²) < 4.78 is 33.3. The zero-order valence-electron chi connectivity index (χ0n) is 16.5. The first kappa shape index (κ1) is 25.1. The van der Waals surface area contributed by atoms with Gasteiger partial charge in [0.05, 0.1) is 11.1 Å². The van der Waals surface area contributed by atoms with E-state index in [0.29, 0.717) is 0 Å². The van der Waals surface area contributed by atoms with Gasteiger partial charge in [-0.2, -0.15) is 8.42 Å². The second-order valence-electron chi connectivity index (χ2n) is 7.64. The van der Waals surface area contributed by atoms with E-state index in [9.17, 15) is 32.8 Å². The van der Waals surface area contributed by atoms with Crippen LogP contribution in [0.2, 0.25) is 0 Å². The van der Waals surface area contributed by atoms with Crippen LogP contribution in [-0.4, -0.2) is 35.1 Å². The van der Waals surface area contributed by atoms with Crippen LogP contribution in [0.4, 0.5) is 0 Å². The fraction of sp³-hybridized carbons (Fsp3) is 0.500. The van der Waals surface area contributed by atoms with Crippen LogP contribution >= 0.6 is 0 Å². The van der Waals surface area contributed by atoms with Gasteiger partial charge in [-0.15, -0.1) is 0 Å². The Kier molecular flexibility index (Phi) is 8.05. The minimum atomic E-state index is -4.95. The molecule has 0 spiro atoms. The zero-order valence-corrected chi connectivity index (χ0v) is 22.6. The van der Waals surface area contributed by atoms with Crippen molar-refractivity contribution in [3.05, 3.63) is 28.3 Å². The maximum absolute atomic E-state index is 11.9. The standard InChI is InChI=1S/C16H22O7S.Cs.H/c1-15(2,3)9-7-8(13(17)18)12(24(21,22)23)11(16(4,5)6)10(9)14(19)20;;/h7H,1-6H3,(H,17,18)(H,19,20)(H,21,22,23);;/q;+1;-1. The molecule has 7 nitrogen and oxygen atoms in total. The van der Waals surface area contributed by atoms with Crippen LogP contribution in [0.1, 0.15) is 74.8 Å². The number of hydrogen-bond acceptors (Lipinski definition) is 4. The summed E-state index contributed by atoms with van der Waals surface area (Å²) in [5, 5.41) is 19.1. The molecule has 1 aromatic carbocycles. The summed E-state index contributed by atoms with van der Waals surface area (Å²) in [7, 11) is -4.95. The average Bonchev–Trinajstić information content (AvgIpc) is 2.32. The van der Waals surface area contributed by atoms with Crippen molar-refractivity contribution in [2.24, 2.45) is 0 Å². The van der Waals surface area contributed by atoms with E-state index in [1.54, 1.807) is 41.5 Å². The summed E-state index contributed by atoms with van der Waals surface area (Å²) in [6.07, 6.45) is 0. The third-order valence-corrected chi connectivity index (χ3v) is 4.48. The van der Waals surface area contributed by atoms with E-state index in [1.165, 1.54) is 0 Å². The third-order valence-electron chi connectivity index (χ3n) is 3.54. The third kappa shape index (κ3) is 5.55. The van der Waals surface area contributed by atoms with Gasteiger partial charge in [0.15, 0.2) is 0 Å². The predicted molar refractivity (Wildman–Crippen MR) is 88.7 cm³/mol. The van der Waals surface area contributed by atoms with Gasteiger partial charge in [0, 0.05) is 0 Å². The van der Waals surface area contributed by atoms with Crippen LogP contribution < -0.4 is 68.9 Å². The molecule has 0 radical (unpaired) electrons. The first-order chi connectivity index (χ1) is 10.5. The Labute approximate surface area is 207 Å². The molecular weight excluding hydrogens is 469 g/mol. The van der Waals surface area contributed by atoms with Gasteiger partial charge >= 0.3 is 80.8 Å². The quantitative estimate of drug-likeness (QED) is 0.509. The van der Waals surface area contributed by atoms with Crippen molar-refractivity contribution in [2.75, 3.05) is 0 Å². The first-order valence-corrected chi connectivity index (χ1v) is 8.59. The molecule has 0 amide bonds. The van der Waals surface area contributed by atoms with Crippen molar-refractivity contribution in [1.82, 2.24) is 0 Å². The van der Waals surface area contributed by atoms with E-state index in [-0.39, 0.29) is 87.0 Å². The Balaban J connectivity index is 0. The normalized spacial score (nSPS) is 12.4. The van der Waals surface area contributed by atoms with Crippen LogP contribution in [0.15, 0.2) is 11.0 Å². The number of carboxylic acids is 2. The Hall–Kier alpha value is 0.122. The molecule has 0 aliphatic heterocycles. The van der Waals surface area contributed by atoms with E-state index in [4.69, 9.17) is 0 Å². The van der Waals surface area contributed by atoms with Crippen LogP contribution in [0.5, 0.6) is 0 Å². The van der Waals surface area contributed by atoms with Gasteiger partial charge in [-0.3, -0.25) is 4.55 Å². The molecule has 9 heteroatoms. The second-order valence-corrected chi connectivity index (χ2v) is 8.99. The summed E-state index contributed by atoms with van der Waals surface area (Å²) in [6.45, 7) is 9.75. The molecule has 0 aliphatic rings. The van der Waals surface area contributed by atoms with E-state index in [1.807, 2.05) is 0 Å². The average molecular weight is 492 g/mol. The molecule has 1 rings (SSSR count). The van der Waals surface area contributed by atoms with Crippen molar-refractivity contribution in [3.63, 3.8) is 0 Å². The van der Waals surface area contributed by atoms with E-state index in [0.717, 1.165) is 6.07 Å². The molecule has 0 saturated heterocycles. The number of carbonyl (C=O) groups is 2. The molecule has 1 aromatic rings. The van der Waals surface area contributed by atoms with Gasteiger partial charge in [-0.05, 0) is 28.0 Å². The minimum absolute atomic E-state index is 0. The molecule has 0 aromatic heterocycles. The van der Waals surface area contributed by atoms with E-state index in [2.05, 4.69) is 0 Å². The Morgan fingerprint density at radius 2 is 1.40 bits per heavy atom. The van der Waals surface area contributed by atoms with Crippen LogP contribution in [0.25, 0.3) is 0 Å². The molecule has 0 heterocycles. The summed E-state index contributed by atoms with van der Waals surface area (Å²) in [5.74, 6) is -2.94. The molecule has 25 heavy (non-hydrogen) atoms. The molecule has 0 fully saturated rings.